The zero-order chi connectivity index (χ0) is 26.6. The van der Waals surface area contributed by atoms with Crippen molar-refractivity contribution in [2.24, 2.45) is 16.5 Å². The van der Waals surface area contributed by atoms with Gasteiger partial charge in [0.05, 0.1) is 12.7 Å². The van der Waals surface area contributed by atoms with Crippen molar-refractivity contribution >= 4 is 35.5 Å². The number of nitrogens with zero attached hydrogens (tertiary/aromatic N) is 1. The van der Waals surface area contributed by atoms with Crippen LogP contribution < -0.4 is 21.5 Å². The number of fused-ring (bicyclic) bond motifs is 1. The largest absolute Gasteiger partial charge is 0.475 e. The summed E-state index contributed by atoms with van der Waals surface area (Å²) in [5.41, 5.74) is 10.2. The molecule has 1 aliphatic rings. The van der Waals surface area contributed by atoms with E-state index in [2.05, 4.69) is 10.3 Å². The monoisotopic (exact) mass is 518 g/mol. The van der Waals surface area contributed by atoms with Crippen LogP contribution in [0.4, 0.5) is 13.2 Å². The first kappa shape index (κ1) is 28.3. The standard InChI is InChI=1S/C23H30ClF3N4O4/c1-22(2,3)14-11-17-12(10-15(14)24)9-13(18(35-17)23(25,26)27)19(32)31-16(20(33)34-4)7-5-6-8-30-21(28)29/h9-11,16,18H,5-8H2,1-4H3,(H,31,32)(H4,28,29,30)/t16?,18-/m0/s1. The molecule has 8 nitrogen and oxygen atoms in total. The Bertz CT molecular complexity index is 1020. The van der Waals surface area contributed by atoms with Crippen LogP contribution in [0.3, 0.4) is 0 Å². The lowest BCUT2D eigenvalue weighted by atomic mass is 9.85. The average Bonchev–Trinajstić information content (AvgIpc) is 2.74. The molecule has 0 spiro atoms. The van der Waals surface area contributed by atoms with E-state index in [1.807, 2.05) is 20.8 Å². The van der Waals surface area contributed by atoms with Crippen molar-refractivity contribution in [1.29, 1.82) is 0 Å². The molecule has 0 radical (unpaired) electrons. The maximum Gasteiger partial charge on any atom is 0.429 e. The number of ether oxygens (including phenoxy) is 2. The second-order valence-corrected chi connectivity index (χ2v) is 9.52. The number of benzene rings is 1. The molecule has 5 N–H and O–H groups in total. The van der Waals surface area contributed by atoms with Gasteiger partial charge in [-0.3, -0.25) is 9.79 Å². The van der Waals surface area contributed by atoms with Crippen LogP contribution in [0.1, 0.15) is 51.2 Å². The highest BCUT2D eigenvalue weighted by atomic mass is 35.5. The second kappa shape index (κ2) is 11.2. The number of carbonyl (C=O) groups excluding carboxylic acids is 2. The van der Waals surface area contributed by atoms with Gasteiger partial charge in [-0.15, -0.1) is 0 Å². The lowest BCUT2D eigenvalue weighted by Crippen LogP contribution is -2.48. The number of carbonyl (C=O) groups is 2. The molecule has 35 heavy (non-hydrogen) atoms. The fraction of sp³-hybridized carbons (Fsp3) is 0.522. The number of nitrogens with one attached hydrogen (secondary N) is 1. The molecule has 2 atom stereocenters. The maximum atomic E-state index is 13.9. The summed E-state index contributed by atoms with van der Waals surface area (Å²) in [4.78, 5) is 28.9. The summed E-state index contributed by atoms with van der Waals surface area (Å²) in [6, 6.07) is 1.74. The molecule has 1 aliphatic heterocycles. The maximum absolute atomic E-state index is 13.9. The molecule has 194 valence electrons. The molecule has 1 unspecified atom stereocenters. The molecule has 0 aromatic heterocycles. The number of hydrogen-bond acceptors (Lipinski definition) is 5. The van der Waals surface area contributed by atoms with Gasteiger partial charge in [-0.2, -0.15) is 13.2 Å². The third-order valence-corrected chi connectivity index (χ3v) is 5.60. The van der Waals surface area contributed by atoms with Crippen molar-refractivity contribution in [2.45, 2.75) is 63.8 Å². The van der Waals surface area contributed by atoms with Gasteiger partial charge in [-0.05, 0) is 48.4 Å². The number of methoxy groups -OCH3 is 1. The number of halogens is 4. The number of amides is 1. The Morgan fingerprint density at radius 3 is 2.43 bits per heavy atom. The average molecular weight is 519 g/mol. The summed E-state index contributed by atoms with van der Waals surface area (Å²) < 4.78 is 51.6. The quantitative estimate of drug-likeness (QED) is 0.209. The molecule has 0 saturated carbocycles. The Labute approximate surface area is 206 Å². The zero-order valence-corrected chi connectivity index (χ0v) is 20.7. The normalized spacial score (nSPS) is 16.3. The van der Waals surface area contributed by atoms with Gasteiger partial charge in [0.15, 0.2) is 5.96 Å². The Kier molecular flexibility index (Phi) is 9.05. The number of unbranched alkanes of at least 4 members (excludes halogenated alkanes) is 1. The van der Waals surface area contributed by atoms with Crippen molar-refractivity contribution in [3.63, 3.8) is 0 Å². The molecule has 12 heteroatoms. The van der Waals surface area contributed by atoms with Crippen molar-refractivity contribution < 1.29 is 32.2 Å². The smallest absolute Gasteiger partial charge is 0.429 e. The number of esters is 1. The number of alkyl halides is 3. The van der Waals surface area contributed by atoms with Crippen molar-refractivity contribution in [2.75, 3.05) is 13.7 Å². The van der Waals surface area contributed by atoms with E-state index in [0.717, 1.165) is 13.2 Å². The van der Waals surface area contributed by atoms with Crippen LogP contribution in [0, 0.1) is 0 Å². The van der Waals surface area contributed by atoms with E-state index in [-0.39, 0.29) is 23.7 Å². The second-order valence-electron chi connectivity index (χ2n) is 9.11. The number of hydrogen-bond donors (Lipinski definition) is 3. The third kappa shape index (κ3) is 7.51. The topological polar surface area (TPSA) is 129 Å². The van der Waals surface area contributed by atoms with Gasteiger partial charge in [0, 0.05) is 17.1 Å². The molecule has 2 rings (SSSR count). The summed E-state index contributed by atoms with van der Waals surface area (Å²) in [6.07, 6.45) is -5.32. The van der Waals surface area contributed by atoms with Gasteiger partial charge in [-0.25, -0.2) is 4.79 Å². The van der Waals surface area contributed by atoms with Crippen LogP contribution in [0.5, 0.6) is 5.75 Å². The molecule has 0 fully saturated rings. The van der Waals surface area contributed by atoms with Crippen molar-refractivity contribution in [3.05, 3.63) is 33.9 Å². The van der Waals surface area contributed by atoms with Gasteiger partial charge < -0.3 is 26.3 Å². The fourth-order valence-corrected chi connectivity index (χ4v) is 3.98. The van der Waals surface area contributed by atoms with Crippen molar-refractivity contribution in [1.82, 2.24) is 5.32 Å². The van der Waals surface area contributed by atoms with Crippen LogP contribution in [-0.2, 0) is 19.7 Å². The lowest BCUT2D eigenvalue weighted by molar-refractivity contribution is -0.185. The minimum absolute atomic E-state index is 0.0394. The Hall–Kier alpha value is -2.95. The van der Waals surface area contributed by atoms with E-state index in [4.69, 9.17) is 32.5 Å². The van der Waals surface area contributed by atoms with Crippen LogP contribution in [-0.4, -0.2) is 49.8 Å². The molecule has 1 aromatic carbocycles. The molecule has 1 heterocycles. The van der Waals surface area contributed by atoms with Crippen LogP contribution in [0.15, 0.2) is 22.7 Å². The molecule has 0 aliphatic carbocycles. The zero-order valence-electron chi connectivity index (χ0n) is 20.0. The number of guanidine groups is 1. The highest BCUT2D eigenvalue weighted by molar-refractivity contribution is 6.31. The summed E-state index contributed by atoms with van der Waals surface area (Å²) >= 11 is 6.35. The van der Waals surface area contributed by atoms with Gasteiger partial charge >= 0.3 is 12.1 Å². The van der Waals surface area contributed by atoms with Gasteiger partial charge in [-0.1, -0.05) is 32.4 Å². The number of nitrogens with two attached hydrogens (primary N) is 2. The first-order valence-corrected chi connectivity index (χ1v) is 11.3. The molecular weight excluding hydrogens is 489 g/mol. The fourth-order valence-electron chi connectivity index (χ4n) is 3.52. The Morgan fingerprint density at radius 1 is 1.23 bits per heavy atom. The Morgan fingerprint density at radius 2 is 1.89 bits per heavy atom. The van der Waals surface area contributed by atoms with E-state index in [1.54, 1.807) is 0 Å². The Balaban J connectivity index is 2.33. The third-order valence-electron chi connectivity index (χ3n) is 5.29. The van der Waals surface area contributed by atoms with Crippen molar-refractivity contribution in [3.8, 4) is 5.75 Å². The predicted molar refractivity (Wildman–Crippen MR) is 127 cm³/mol. The highest BCUT2D eigenvalue weighted by Crippen LogP contribution is 2.42. The van der Waals surface area contributed by atoms with Crippen LogP contribution in [0.25, 0.3) is 6.08 Å². The SMILES string of the molecule is COC(=O)C(CCCCN=C(N)N)NC(=O)C1=Cc2cc(Cl)c(C(C)(C)C)cc2O[C@@H]1C(F)(F)F. The van der Waals surface area contributed by atoms with E-state index in [9.17, 15) is 22.8 Å². The predicted octanol–water partition coefficient (Wildman–Crippen LogP) is 3.45. The van der Waals surface area contributed by atoms with E-state index in [1.165, 1.54) is 12.1 Å². The van der Waals surface area contributed by atoms with E-state index < -0.39 is 41.2 Å². The molecule has 1 amide bonds. The summed E-state index contributed by atoms with van der Waals surface area (Å²) in [5, 5.41) is 2.67. The van der Waals surface area contributed by atoms with E-state index in [0.29, 0.717) is 30.0 Å². The van der Waals surface area contributed by atoms with Gasteiger partial charge in [0.1, 0.15) is 11.8 Å². The lowest BCUT2D eigenvalue weighted by Gasteiger charge is -2.31. The first-order chi connectivity index (χ1) is 16.1. The minimum Gasteiger partial charge on any atom is -0.475 e. The van der Waals surface area contributed by atoms with Gasteiger partial charge in [0.2, 0.25) is 6.10 Å². The highest BCUT2D eigenvalue weighted by Gasteiger charge is 2.48. The summed E-state index contributed by atoms with van der Waals surface area (Å²) in [7, 11) is 1.12. The summed E-state index contributed by atoms with van der Waals surface area (Å²) in [6.45, 7) is 5.89. The number of aliphatic imine (C=N–C) groups is 1. The molecular formula is C23H30ClF3N4O4. The molecule has 0 bridgehead atoms. The molecule has 0 saturated heterocycles. The summed E-state index contributed by atoms with van der Waals surface area (Å²) in [5.74, 6) is -2.02. The number of rotatable bonds is 8. The van der Waals surface area contributed by atoms with Crippen LogP contribution in [0.2, 0.25) is 5.02 Å². The van der Waals surface area contributed by atoms with Crippen LogP contribution >= 0.6 is 11.6 Å². The van der Waals surface area contributed by atoms with E-state index >= 15 is 0 Å². The van der Waals surface area contributed by atoms with Gasteiger partial charge in [0.25, 0.3) is 5.91 Å². The minimum atomic E-state index is -4.89. The first-order valence-electron chi connectivity index (χ1n) is 10.9. The molecule has 1 aromatic rings.